The van der Waals surface area contributed by atoms with Gasteiger partial charge >= 0.3 is 0 Å². The highest BCUT2D eigenvalue weighted by molar-refractivity contribution is 6.03. The Morgan fingerprint density at radius 1 is 1.22 bits per heavy atom. The molecule has 18 heavy (non-hydrogen) atoms. The van der Waals surface area contributed by atoms with E-state index in [0.717, 1.165) is 5.56 Å². The molecule has 0 atom stereocenters. The van der Waals surface area contributed by atoms with Gasteiger partial charge in [0.2, 0.25) is 0 Å². The lowest BCUT2D eigenvalue weighted by Gasteiger charge is -2.05. The molecule has 0 aliphatic rings. The van der Waals surface area contributed by atoms with Gasteiger partial charge < -0.3 is 5.32 Å². The summed E-state index contributed by atoms with van der Waals surface area (Å²) in [7, 11) is 0. The predicted molar refractivity (Wildman–Crippen MR) is 68.1 cm³/mol. The van der Waals surface area contributed by atoms with Crippen LogP contribution in [0.4, 0.5) is 10.2 Å². The van der Waals surface area contributed by atoms with E-state index in [1.807, 2.05) is 13.0 Å². The Kier molecular flexibility index (Phi) is 3.37. The summed E-state index contributed by atoms with van der Waals surface area (Å²) in [6.07, 6.45) is 1.61. The van der Waals surface area contributed by atoms with Crippen molar-refractivity contribution in [2.24, 2.45) is 0 Å². The summed E-state index contributed by atoms with van der Waals surface area (Å²) in [5, 5.41) is 2.63. The molecular formula is C14H13FN2O. The van der Waals surface area contributed by atoms with Crippen molar-refractivity contribution in [1.29, 1.82) is 0 Å². The molecule has 0 aliphatic heterocycles. The Balaban J connectivity index is 2.19. The van der Waals surface area contributed by atoms with Crippen molar-refractivity contribution >= 4 is 11.7 Å². The fraction of sp³-hybridized carbons (Fsp3) is 0.143. The molecule has 1 heterocycles. The van der Waals surface area contributed by atoms with Crippen LogP contribution in [0.1, 0.15) is 21.5 Å². The molecule has 1 N–H and O–H groups in total. The molecule has 4 heteroatoms. The maximum absolute atomic E-state index is 13.3. The molecule has 0 bridgehead atoms. The fourth-order valence-corrected chi connectivity index (χ4v) is 1.53. The third-order valence-corrected chi connectivity index (χ3v) is 2.59. The van der Waals surface area contributed by atoms with Crippen LogP contribution >= 0.6 is 0 Å². The van der Waals surface area contributed by atoms with E-state index >= 15 is 0 Å². The van der Waals surface area contributed by atoms with E-state index in [2.05, 4.69) is 10.3 Å². The number of amides is 1. The van der Waals surface area contributed by atoms with Gasteiger partial charge in [-0.2, -0.15) is 0 Å². The molecule has 0 saturated carbocycles. The maximum Gasteiger partial charge on any atom is 0.256 e. The summed E-state index contributed by atoms with van der Waals surface area (Å²) in [6.45, 7) is 3.56. The highest BCUT2D eigenvalue weighted by atomic mass is 19.1. The van der Waals surface area contributed by atoms with Crippen molar-refractivity contribution in [2.75, 3.05) is 5.32 Å². The molecule has 92 valence electrons. The quantitative estimate of drug-likeness (QED) is 0.882. The van der Waals surface area contributed by atoms with Crippen LogP contribution in [0.3, 0.4) is 0 Å². The van der Waals surface area contributed by atoms with E-state index < -0.39 is 0 Å². The van der Waals surface area contributed by atoms with Gasteiger partial charge in [0.05, 0.1) is 0 Å². The van der Waals surface area contributed by atoms with Gasteiger partial charge in [0, 0.05) is 11.8 Å². The molecule has 0 spiro atoms. The van der Waals surface area contributed by atoms with Crippen molar-refractivity contribution in [3.63, 3.8) is 0 Å². The van der Waals surface area contributed by atoms with Gasteiger partial charge in [-0.25, -0.2) is 9.37 Å². The second-order valence-electron chi connectivity index (χ2n) is 4.14. The van der Waals surface area contributed by atoms with Crippen LogP contribution in [0.2, 0.25) is 0 Å². The third-order valence-electron chi connectivity index (χ3n) is 2.59. The monoisotopic (exact) mass is 244 g/mol. The normalized spacial score (nSPS) is 10.2. The van der Waals surface area contributed by atoms with Gasteiger partial charge in [-0.15, -0.1) is 0 Å². The Bertz CT molecular complexity index is 596. The first-order valence-electron chi connectivity index (χ1n) is 5.56. The number of rotatable bonds is 2. The number of nitrogens with zero attached hydrogens (tertiary/aromatic N) is 1. The van der Waals surface area contributed by atoms with Gasteiger partial charge in [0.25, 0.3) is 5.91 Å². The zero-order chi connectivity index (χ0) is 13.1. The first-order valence-corrected chi connectivity index (χ1v) is 5.56. The number of halogens is 1. The van der Waals surface area contributed by atoms with Crippen molar-refractivity contribution in [2.45, 2.75) is 13.8 Å². The van der Waals surface area contributed by atoms with Crippen LogP contribution in [-0.4, -0.2) is 10.9 Å². The number of carbonyl (C=O) groups is 1. The summed E-state index contributed by atoms with van der Waals surface area (Å²) >= 11 is 0. The van der Waals surface area contributed by atoms with Crippen LogP contribution < -0.4 is 5.32 Å². The number of hydrogen-bond acceptors (Lipinski definition) is 2. The van der Waals surface area contributed by atoms with Gasteiger partial charge in [-0.1, -0.05) is 6.07 Å². The smallest absolute Gasteiger partial charge is 0.256 e. The molecule has 1 amide bonds. The van der Waals surface area contributed by atoms with Crippen LogP contribution in [0, 0.1) is 19.7 Å². The van der Waals surface area contributed by atoms with Crippen molar-refractivity contribution < 1.29 is 9.18 Å². The summed E-state index contributed by atoms with van der Waals surface area (Å²) in [5.74, 6) is -0.298. The molecule has 1 aromatic carbocycles. The summed E-state index contributed by atoms with van der Waals surface area (Å²) in [5.41, 5.74) is 1.79. The molecule has 0 unspecified atom stereocenters. The van der Waals surface area contributed by atoms with Crippen molar-refractivity contribution in [3.8, 4) is 0 Å². The van der Waals surface area contributed by atoms with Crippen LogP contribution in [0.5, 0.6) is 0 Å². The molecule has 0 saturated heterocycles. The van der Waals surface area contributed by atoms with Crippen molar-refractivity contribution in [3.05, 3.63) is 59.0 Å². The van der Waals surface area contributed by atoms with E-state index in [9.17, 15) is 9.18 Å². The topological polar surface area (TPSA) is 42.0 Å². The number of nitrogens with one attached hydrogen (secondary N) is 1. The number of aryl methyl sites for hydroxylation is 2. The average molecular weight is 244 g/mol. The second-order valence-corrected chi connectivity index (χ2v) is 4.14. The largest absolute Gasteiger partial charge is 0.307 e. The van der Waals surface area contributed by atoms with Crippen molar-refractivity contribution in [1.82, 2.24) is 4.98 Å². The van der Waals surface area contributed by atoms with Crippen LogP contribution in [-0.2, 0) is 0 Å². The van der Waals surface area contributed by atoms with Gasteiger partial charge in [-0.3, -0.25) is 4.79 Å². The Labute approximate surface area is 105 Å². The highest BCUT2D eigenvalue weighted by Gasteiger charge is 2.08. The van der Waals surface area contributed by atoms with E-state index in [1.54, 1.807) is 31.3 Å². The van der Waals surface area contributed by atoms with E-state index in [0.29, 0.717) is 11.4 Å². The third kappa shape index (κ3) is 2.71. The minimum Gasteiger partial charge on any atom is -0.307 e. The zero-order valence-corrected chi connectivity index (χ0v) is 10.2. The Morgan fingerprint density at radius 3 is 2.67 bits per heavy atom. The number of benzene rings is 1. The van der Waals surface area contributed by atoms with Crippen LogP contribution in [0.15, 0.2) is 36.5 Å². The zero-order valence-electron chi connectivity index (χ0n) is 10.2. The lowest BCUT2D eigenvalue weighted by atomic mass is 10.1. The van der Waals surface area contributed by atoms with E-state index in [1.165, 1.54) is 6.07 Å². The minimum atomic E-state index is -0.389. The minimum absolute atomic E-state index is 0.279. The number of carbonyl (C=O) groups excluding carboxylic acids is 1. The van der Waals surface area contributed by atoms with Gasteiger partial charge in [0.1, 0.15) is 11.6 Å². The molecule has 0 aliphatic carbocycles. The SMILES string of the molecule is Cc1ccnc(NC(=O)c2ccc(C)c(F)c2)c1. The first kappa shape index (κ1) is 12.2. The molecule has 0 fully saturated rings. The Morgan fingerprint density at radius 2 is 2.00 bits per heavy atom. The fourth-order valence-electron chi connectivity index (χ4n) is 1.53. The molecular weight excluding hydrogens is 231 g/mol. The number of hydrogen-bond donors (Lipinski definition) is 1. The standard InChI is InChI=1S/C14H13FN2O/c1-9-5-6-16-13(7-9)17-14(18)11-4-3-10(2)12(15)8-11/h3-8H,1-2H3,(H,16,17,18). The summed E-state index contributed by atoms with van der Waals surface area (Å²) < 4.78 is 13.3. The lowest BCUT2D eigenvalue weighted by molar-refractivity contribution is 0.102. The lowest BCUT2D eigenvalue weighted by Crippen LogP contribution is -2.13. The molecule has 3 nitrogen and oxygen atoms in total. The molecule has 1 aromatic heterocycles. The number of aromatic nitrogens is 1. The summed E-state index contributed by atoms with van der Waals surface area (Å²) in [4.78, 5) is 15.9. The maximum atomic E-state index is 13.3. The first-order chi connectivity index (χ1) is 8.56. The average Bonchev–Trinajstić information content (AvgIpc) is 2.32. The molecule has 0 radical (unpaired) electrons. The Hall–Kier alpha value is -2.23. The molecule has 2 rings (SSSR count). The highest BCUT2D eigenvalue weighted by Crippen LogP contribution is 2.12. The molecule has 2 aromatic rings. The van der Waals surface area contributed by atoms with E-state index in [-0.39, 0.29) is 17.3 Å². The predicted octanol–water partition coefficient (Wildman–Crippen LogP) is 3.09. The second kappa shape index (κ2) is 4.96. The van der Waals surface area contributed by atoms with Crippen LogP contribution in [0.25, 0.3) is 0 Å². The number of pyridine rings is 1. The van der Waals surface area contributed by atoms with Gasteiger partial charge in [-0.05, 0) is 49.2 Å². The number of anilines is 1. The summed E-state index contributed by atoms with van der Waals surface area (Å²) in [6, 6.07) is 7.97. The van der Waals surface area contributed by atoms with E-state index in [4.69, 9.17) is 0 Å². The van der Waals surface area contributed by atoms with Gasteiger partial charge in [0.15, 0.2) is 0 Å².